The maximum absolute atomic E-state index is 12.9. The summed E-state index contributed by atoms with van der Waals surface area (Å²) in [4.78, 5) is 56.3. The summed E-state index contributed by atoms with van der Waals surface area (Å²) in [6, 6.07) is 6.89. The van der Waals surface area contributed by atoms with Gasteiger partial charge in [-0.15, -0.1) is 0 Å². The second kappa shape index (κ2) is 11.3. The largest absolute Gasteiger partial charge is 0.382 e. The minimum Gasteiger partial charge on any atom is -0.382 e. The summed E-state index contributed by atoms with van der Waals surface area (Å²) in [7, 11) is 1.75. The average molecular weight is 588 g/mol. The number of aromatic nitrogens is 8. The standard InChI is InChI=1S/C28H33N11O4/c1-4-37-24-21(26(41)38(5-2)28(37)42)36(3)18(33-24)12-13-30-25(40)16-8-10-17(11-9-16)32-27-34-22(29)20-23(35-27)39(15-31-20)19-7-6-14-43-19/h8-11,15,19H,4-7,12-14H2,1-3H3,(H,30,40)(H3,29,32,34,35)/t19-/m1/s1. The first-order valence-corrected chi connectivity index (χ1v) is 14.3. The van der Waals surface area contributed by atoms with Crippen molar-refractivity contribution in [1.29, 1.82) is 0 Å². The van der Waals surface area contributed by atoms with Crippen molar-refractivity contribution in [1.82, 2.24) is 43.5 Å². The van der Waals surface area contributed by atoms with E-state index in [-0.39, 0.29) is 35.7 Å². The zero-order valence-corrected chi connectivity index (χ0v) is 24.2. The van der Waals surface area contributed by atoms with Gasteiger partial charge >= 0.3 is 5.69 Å². The van der Waals surface area contributed by atoms with Crippen LogP contribution in [0.4, 0.5) is 17.5 Å². The Hall–Kier alpha value is -5.05. The van der Waals surface area contributed by atoms with Gasteiger partial charge in [0.25, 0.3) is 11.5 Å². The summed E-state index contributed by atoms with van der Waals surface area (Å²) in [5.74, 6) is 0.907. The third-order valence-corrected chi connectivity index (χ3v) is 7.67. The van der Waals surface area contributed by atoms with Gasteiger partial charge in [0.15, 0.2) is 22.6 Å². The Labute approximate surface area is 245 Å². The van der Waals surface area contributed by atoms with E-state index in [0.29, 0.717) is 71.5 Å². The molecular formula is C28H33N11O4. The van der Waals surface area contributed by atoms with E-state index in [1.807, 2.05) is 11.5 Å². The van der Waals surface area contributed by atoms with Crippen molar-refractivity contribution in [2.24, 2.45) is 7.05 Å². The lowest BCUT2D eigenvalue weighted by Crippen LogP contribution is -2.39. The van der Waals surface area contributed by atoms with E-state index in [1.165, 1.54) is 9.13 Å². The van der Waals surface area contributed by atoms with Gasteiger partial charge in [0.05, 0.1) is 6.33 Å². The fourth-order valence-electron chi connectivity index (χ4n) is 5.40. The normalized spacial score (nSPS) is 15.0. The molecule has 0 spiro atoms. The molecular weight excluding hydrogens is 554 g/mol. The molecule has 1 aliphatic rings. The maximum atomic E-state index is 12.9. The predicted octanol–water partition coefficient (Wildman–Crippen LogP) is 1.68. The molecule has 1 saturated heterocycles. The Morgan fingerprint density at radius 1 is 1.07 bits per heavy atom. The van der Waals surface area contributed by atoms with E-state index < -0.39 is 0 Å². The van der Waals surface area contributed by atoms with Crippen molar-refractivity contribution in [3.8, 4) is 0 Å². The van der Waals surface area contributed by atoms with Crippen molar-refractivity contribution in [2.45, 2.75) is 52.4 Å². The number of aryl methyl sites for hydroxylation is 2. The highest BCUT2D eigenvalue weighted by Crippen LogP contribution is 2.28. The Kier molecular flexibility index (Phi) is 7.39. The lowest BCUT2D eigenvalue weighted by molar-refractivity contribution is 0.0593. The molecule has 15 nitrogen and oxygen atoms in total. The number of fused-ring (bicyclic) bond motifs is 2. The molecule has 0 radical (unpaired) electrons. The van der Waals surface area contributed by atoms with Crippen molar-refractivity contribution < 1.29 is 9.53 Å². The number of benzene rings is 1. The van der Waals surface area contributed by atoms with Crippen molar-refractivity contribution in [2.75, 3.05) is 24.2 Å². The van der Waals surface area contributed by atoms with Crippen LogP contribution in [0, 0.1) is 0 Å². The summed E-state index contributed by atoms with van der Waals surface area (Å²) in [5.41, 5.74) is 8.39. The summed E-state index contributed by atoms with van der Waals surface area (Å²) in [6.07, 6.45) is 3.77. The van der Waals surface area contributed by atoms with Gasteiger partial charge in [-0.3, -0.25) is 23.3 Å². The van der Waals surface area contributed by atoms with Crippen molar-refractivity contribution in [3.05, 3.63) is 62.8 Å². The quantitative estimate of drug-likeness (QED) is 0.229. The number of rotatable bonds is 9. The first kappa shape index (κ1) is 28.1. The highest BCUT2D eigenvalue weighted by atomic mass is 16.5. The molecule has 5 heterocycles. The SMILES string of the molecule is CCn1c(=O)c2c(nc(CCNC(=O)c3ccc(Nc4nc(N)c5ncn([C@H]6CCCO6)c5n4)cc3)n2C)n(CC)c1=O. The summed E-state index contributed by atoms with van der Waals surface area (Å²) in [5, 5.41) is 6.04. The van der Waals surface area contributed by atoms with Crippen LogP contribution in [-0.2, 0) is 31.3 Å². The number of ether oxygens (including phenoxy) is 1. The van der Waals surface area contributed by atoms with Crippen LogP contribution in [-0.4, -0.2) is 57.3 Å². The summed E-state index contributed by atoms with van der Waals surface area (Å²) < 4.78 is 12.0. The van der Waals surface area contributed by atoms with Gasteiger partial charge in [0, 0.05) is 51.0 Å². The van der Waals surface area contributed by atoms with Gasteiger partial charge in [0.2, 0.25) is 5.95 Å². The minimum atomic E-state index is -0.376. The predicted molar refractivity (Wildman–Crippen MR) is 160 cm³/mol. The second-order valence-corrected chi connectivity index (χ2v) is 10.3. The Morgan fingerprint density at radius 3 is 2.53 bits per heavy atom. The lowest BCUT2D eigenvalue weighted by Gasteiger charge is -2.12. The van der Waals surface area contributed by atoms with E-state index >= 15 is 0 Å². The molecule has 1 aliphatic heterocycles. The number of nitrogens with two attached hydrogens (primary N) is 1. The number of amides is 1. The first-order chi connectivity index (χ1) is 20.8. The molecule has 0 saturated carbocycles. The topological polar surface area (TPSA) is 182 Å². The fraction of sp³-hybridized carbons (Fsp3) is 0.393. The molecule has 0 bridgehead atoms. The molecule has 0 unspecified atom stereocenters. The summed E-state index contributed by atoms with van der Waals surface area (Å²) in [6.45, 7) is 5.25. The fourth-order valence-corrected chi connectivity index (χ4v) is 5.40. The van der Waals surface area contributed by atoms with Crippen LogP contribution in [0.2, 0.25) is 0 Å². The molecule has 1 atom stereocenters. The van der Waals surface area contributed by atoms with E-state index in [0.717, 1.165) is 12.8 Å². The average Bonchev–Trinajstić information content (AvgIpc) is 3.74. The van der Waals surface area contributed by atoms with Gasteiger partial charge in [-0.05, 0) is 51.0 Å². The number of hydrogen-bond acceptors (Lipinski definition) is 10. The lowest BCUT2D eigenvalue weighted by atomic mass is 10.2. The molecule has 1 aromatic carbocycles. The summed E-state index contributed by atoms with van der Waals surface area (Å²) >= 11 is 0. The van der Waals surface area contributed by atoms with Crippen LogP contribution >= 0.6 is 0 Å². The smallest absolute Gasteiger partial charge is 0.332 e. The zero-order chi connectivity index (χ0) is 30.2. The number of nitrogens with one attached hydrogen (secondary N) is 2. The number of anilines is 3. The number of imidazole rings is 2. The molecule has 1 fully saturated rings. The molecule has 43 heavy (non-hydrogen) atoms. The van der Waals surface area contributed by atoms with Crippen LogP contribution in [0.3, 0.4) is 0 Å². The van der Waals surface area contributed by atoms with E-state index in [9.17, 15) is 14.4 Å². The Bertz CT molecular complexity index is 1950. The molecule has 5 aromatic rings. The minimum absolute atomic E-state index is 0.128. The number of hydrogen-bond donors (Lipinski definition) is 3. The van der Waals surface area contributed by atoms with Crippen LogP contribution in [0.1, 0.15) is 49.1 Å². The van der Waals surface area contributed by atoms with Gasteiger partial charge in [-0.25, -0.2) is 14.8 Å². The third kappa shape index (κ3) is 5.01. The van der Waals surface area contributed by atoms with Crippen molar-refractivity contribution in [3.63, 3.8) is 0 Å². The Balaban J connectivity index is 1.12. The molecule has 6 rings (SSSR count). The van der Waals surface area contributed by atoms with Crippen molar-refractivity contribution >= 4 is 45.7 Å². The van der Waals surface area contributed by atoms with Gasteiger partial charge in [0.1, 0.15) is 17.6 Å². The second-order valence-electron chi connectivity index (χ2n) is 10.3. The number of nitrogen functional groups attached to an aromatic ring is 1. The van der Waals surface area contributed by atoms with Gasteiger partial charge in [-0.2, -0.15) is 9.97 Å². The van der Waals surface area contributed by atoms with E-state index in [4.69, 9.17) is 10.5 Å². The molecule has 1 amide bonds. The van der Waals surface area contributed by atoms with Crippen LogP contribution in [0.25, 0.3) is 22.3 Å². The molecule has 224 valence electrons. The third-order valence-electron chi connectivity index (χ3n) is 7.67. The van der Waals surface area contributed by atoms with Crippen LogP contribution in [0.5, 0.6) is 0 Å². The van der Waals surface area contributed by atoms with E-state index in [1.54, 1.807) is 49.1 Å². The molecule has 0 aliphatic carbocycles. The van der Waals surface area contributed by atoms with Crippen LogP contribution in [0.15, 0.2) is 40.2 Å². The van der Waals surface area contributed by atoms with Crippen LogP contribution < -0.4 is 27.6 Å². The monoisotopic (exact) mass is 587 g/mol. The zero-order valence-electron chi connectivity index (χ0n) is 24.2. The first-order valence-electron chi connectivity index (χ1n) is 14.3. The number of nitrogens with zero attached hydrogens (tertiary/aromatic N) is 8. The van der Waals surface area contributed by atoms with Gasteiger partial charge in [-0.1, -0.05) is 0 Å². The van der Waals surface area contributed by atoms with E-state index in [2.05, 4.69) is 30.6 Å². The molecule has 4 aromatic heterocycles. The molecule has 15 heteroatoms. The maximum Gasteiger partial charge on any atom is 0.332 e. The number of carbonyl (C=O) groups excluding carboxylic acids is 1. The number of carbonyl (C=O) groups is 1. The van der Waals surface area contributed by atoms with Gasteiger partial charge < -0.3 is 25.7 Å². The Morgan fingerprint density at radius 2 is 1.84 bits per heavy atom. The highest BCUT2D eigenvalue weighted by molar-refractivity contribution is 5.94. The molecule has 4 N–H and O–H groups in total. The highest BCUT2D eigenvalue weighted by Gasteiger charge is 2.22.